The quantitative estimate of drug-likeness (QED) is 0.911. The van der Waals surface area contributed by atoms with Gasteiger partial charge < -0.3 is 9.73 Å². The highest BCUT2D eigenvalue weighted by molar-refractivity contribution is 9.10. The van der Waals surface area contributed by atoms with Crippen LogP contribution < -0.4 is 10.6 Å². The lowest BCUT2D eigenvalue weighted by molar-refractivity contribution is -0.114. The summed E-state index contributed by atoms with van der Waals surface area (Å²) >= 11 is 3.31. The first kappa shape index (κ1) is 13.4. The molecule has 2 rings (SSSR count). The molecule has 1 heterocycles. The normalized spacial score (nSPS) is 10.0. The summed E-state index contributed by atoms with van der Waals surface area (Å²) in [5.74, 6) is -0.256. The Morgan fingerprint density at radius 1 is 1.05 bits per heavy atom. The molecule has 0 unspecified atom stereocenters. The molecule has 98 valence electrons. The molecule has 0 spiro atoms. The van der Waals surface area contributed by atoms with E-state index in [1.165, 1.54) is 19.1 Å². The molecule has 2 N–H and O–H groups in total. The van der Waals surface area contributed by atoms with E-state index in [-0.39, 0.29) is 23.5 Å². The number of carbonyl (C=O) groups is 2. The maximum atomic E-state index is 11.9. The van der Waals surface area contributed by atoms with Gasteiger partial charge in [0.15, 0.2) is 11.6 Å². The lowest BCUT2D eigenvalue weighted by atomic mass is 10.3. The van der Waals surface area contributed by atoms with Gasteiger partial charge >= 0.3 is 0 Å². The van der Waals surface area contributed by atoms with Crippen LogP contribution in [0.3, 0.4) is 0 Å². The molecule has 0 radical (unpaired) electrons. The molecule has 1 aromatic heterocycles. The van der Waals surface area contributed by atoms with Crippen molar-refractivity contribution >= 4 is 39.3 Å². The van der Waals surface area contributed by atoms with E-state index in [0.29, 0.717) is 5.69 Å². The highest BCUT2D eigenvalue weighted by Gasteiger charge is 2.11. The van der Waals surface area contributed by atoms with Gasteiger partial charge in [-0.25, -0.2) is 0 Å². The summed E-state index contributed by atoms with van der Waals surface area (Å²) < 4.78 is 6.13. The van der Waals surface area contributed by atoms with Gasteiger partial charge in [-0.05, 0) is 30.3 Å². The summed E-state index contributed by atoms with van der Waals surface area (Å²) in [6, 6.07) is 10.2. The fourth-order valence-corrected chi connectivity index (χ4v) is 1.69. The van der Waals surface area contributed by atoms with Crippen LogP contribution >= 0.6 is 15.9 Å². The van der Waals surface area contributed by atoms with Crippen LogP contribution in [0.2, 0.25) is 0 Å². The van der Waals surface area contributed by atoms with Gasteiger partial charge in [0.1, 0.15) is 0 Å². The molecule has 19 heavy (non-hydrogen) atoms. The topological polar surface area (TPSA) is 71.3 Å². The maximum Gasteiger partial charge on any atom is 0.291 e. The summed E-state index contributed by atoms with van der Waals surface area (Å²) in [4.78, 5) is 22.7. The Bertz CT molecular complexity index is 605. The first-order valence-corrected chi connectivity index (χ1v) is 6.28. The molecule has 1 aromatic carbocycles. The number of furan rings is 1. The highest BCUT2D eigenvalue weighted by atomic mass is 79.9. The number of benzene rings is 1. The van der Waals surface area contributed by atoms with Gasteiger partial charge in [-0.2, -0.15) is 0 Å². The van der Waals surface area contributed by atoms with Crippen molar-refractivity contribution in [3.05, 3.63) is 46.6 Å². The molecule has 2 aromatic rings. The van der Waals surface area contributed by atoms with E-state index < -0.39 is 0 Å². The van der Waals surface area contributed by atoms with Crippen LogP contribution in [0.15, 0.2) is 45.3 Å². The van der Waals surface area contributed by atoms with Crippen LogP contribution in [0.1, 0.15) is 17.5 Å². The van der Waals surface area contributed by atoms with Gasteiger partial charge in [-0.15, -0.1) is 0 Å². The summed E-state index contributed by atoms with van der Waals surface area (Å²) in [6.07, 6.45) is 0. The molecule has 0 aliphatic carbocycles. The van der Waals surface area contributed by atoms with Crippen molar-refractivity contribution in [2.75, 3.05) is 10.6 Å². The van der Waals surface area contributed by atoms with Crippen LogP contribution in [0.25, 0.3) is 0 Å². The number of hydrogen-bond acceptors (Lipinski definition) is 3. The van der Waals surface area contributed by atoms with Gasteiger partial charge in [-0.1, -0.05) is 15.9 Å². The predicted octanol–water partition coefficient (Wildman–Crippen LogP) is 3.25. The zero-order valence-corrected chi connectivity index (χ0v) is 11.7. The number of nitrogens with one attached hydrogen (secondary N) is 2. The fraction of sp³-hybridized carbons (Fsp3) is 0.0769. The molecule has 0 atom stereocenters. The van der Waals surface area contributed by atoms with Crippen LogP contribution in [-0.4, -0.2) is 11.8 Å². The van der Waals surface area contributed by atoms with Crippen LogP contribution in [0, 0.1) is 0 Å². The van der Waals surface area contributed by atoms with Crippen LogP contribution in [0.5, 0.6) is 0 Å². The molecule has 2 amide bonds. The highest BCUT2D eigenvalue weighted by Crippen LogP contribution is 2.17. The zero-order chi connectivity index (χ0) is 13.8. The van der Waals surface area contributed by atoms with Gasteiger partial charge in [0.2, 0.25) is 5.91 Å². The largest absolute Gasteiger partial charge is 0.435 e. The van der Waals surface area contributed by atoms with Crippen molar-refractivity contribution in [1.29, 1.82) is 0 Å². The lowest BCUT2D eigenvalue weighted by Gasteiger charge is -2.03. The van der Waals surface area contributed by atoms with Crippen molar-refractivity contribution in [1.82, 2.24) is 0 Å². The number of rotatable bonds is 3. The molecule has 0 saturated carbocycles. The summed E-state index contributed by atoms with van der Waals surface area (Å²) in [7, 11) is 0. The van der Waals surface area contributed by atoms with E-state index in [1.807, 2.05) is 12.1 Å². The van der Waals surface area contributed by atoms with E-state index in [4.69, 9.17) is 4.42 Å². The third-order valence-electron chi connectivity index (χ3n) is 2.23. The third-order valence-corrected chi connectivity index (χ3v) is 2.76. The second-order valence-corrected chi connectivity index (χ2v) is 4.72. The molecule has 6 heteroatoms. The molecule has 0 bridgehead atoms. The predicted molar refractivity (Wildman–Crippen MR) is 75.1 cm³/mol. The number of anilines is 2. The van der Waals surface area contributed by atoms with Gasteiger partial charge in [0.25, 0.3) is 5.91 Å². The second-order valence-electron chi connectivity index (χ2n) is 3.81. The monoisotopic (exact) mass is 322 g/mol. The molecular weight excluding hydrogens is 312 g/mol. The van der Waals surface area contributed by atoms with Crippen molar-refractivity contribution in [2.45, 2.75) is 6.92 Å². The minimum Gasteiger partial charge on any atom is -0.435 e. The average Bonchev–Trinajstić information content (AvgIpc) is 2.80. The molecule has 0 fully saturated rings. The Morgan fingerprint density at radius 2 is 1.74 bits per heavy atom. The number of amides is 2. The SMILES string of the molecule is CC(=O)Nc1ccc(C(=O)Nc2ccc(Br)cc2)o1. The van der Waals surface area contributed by atoms with Gasteiger partial charge in [-0.3, -0.25) is 14.9 Å². The maximum absolute atomic E-state index is 11.9. The minimum absolute atomic E-state index is 0.131. The standard InChI is InChI=1S/C13H11BrN2O3/c1-8(17)15-12-7-6-11(19-12)13(18)16-10-4-2-9(14)3-5-10/h2-7H,1H3,(H,15,17)(H,16,18). The summed E-state index contributed by atoms with van der Waals surface area (Å²) in [5.41, 5.74) is 0.658. The first-order valence-electron chi connectivity index (χ1n) is 5.49. The van der Waals surface area contributed by atoms with Crippen LogP contribution in [0.4, 0.5) is 11.6 Å². The van der Waals surface area contributed by atoms with E-state index in [2.05, 4.69) is 26.6 Å². The minimum atomic E-state index is -0.376. The van der Waals surface area contributed by atoms with E-state index in [1.54, 1.807) is 12.1 Å². The van der Waals surface area contributed by atoms with Crippen LogP contribution in [-0.2, 0) is 4.79 Å². The van der Waals surface area contributed by atoms with Gasteiger partial charge in [0.05, 0.1) is 0 Å². The van der Waals surface area contributed by atoms with Crippen molar-refractivity contribution in [2.24, 2.45) is 0 Å². The molecule has 5 nitrogen and oxygen atoms in total. The number of carbonyl (C=O) groups excluding carboxylic acids is 2. The average molecular weight is 323 g/mol. The Balaban J connectivity index is 2.05. The van der Waals surface area contributed by atoms with E-state index >= 15 is 0 Å². The first-order chi connectivity index (χ1) is 9.04. The zero-order valence-electron chi connectivity index (χ0n) is 10.1. The summed E-state index contributed by atoms with van der Waals surface area (Å²) in [6.45, 7) is 1.37. The van der Waals surface area contributed by atoms with Gasteiger partial charge in [0, 0.05) is 23.2 Å². The Labute approximate surface area is 118 Å². The fourth-order valence-electron chi connectivity index (χ4n) is 1.43. The Hall–Kier alpha value is -2.08. The second kappa shape index (κ2) is 5.71. The van der Waals surface area contributed by atoms with Crippen molar-refractivity contribution in [3.63, 3.8) is 0 Å². The summed E-state index contributed by atoms with van der Waals surface area (Å²) in [5, 5.41) is 5.15. The van der Waals surface area contributed by atoms with Crippen molar-refractivity contribution < 1.29 is 14.0 Å². The molecular formula is C13H11BrN2O3. The Morgan fingerprint density at radius 3 is 2.37 bits per heavy atom. The van der Waals surface area contributed by atoms with E-state index in [9.17, 15) is 9.59 Å². The van der Waals surface area contributed by atoms with Crippen molar-refractivity contribution in [3.8, 4) is 0 Å². The molecule has 0 saturated heterocycles. The number of halogens is 1. The Kier molecular flexibility index (Phi) is 4.01. The molecule has 0 aliphatic rings. The third kappa shape index (κ3) is 3.69. The molecule has 0 aliphatic heterocycles. The number of hydrogen-bond donors (Lipinski definition) is 2. The smallest absolute Gasteiger partial charge is 0.291 e. The lowest BCUT2D eigenvalue weighted by Crippen LogP contribution is -2.10. The van der Waals surface area contributed by atoms with E-state index in [0.717, 1.165) is 4.47 Å².